The molecule has 9 nitrogen and oxygen atoms in total. The van der Waals surface area contributed by atoms with Gasteiger partial charge in [-0.05, 0) is 54.8 Å². The fourth-order valence-corrected chi connectivity index (χ4v) is 6.96. The van der Waals surface area contributed by atoms with E-state index in [0.29, 0.717) is 17.7 Å². The van der Waals surface area contributed by atoms with Crippen LogP contribution in [-0.2, 0) is 21.7 Å². The molecule has 1 spiro atoms. The first kappa shape index (κ1) is 24.6. The Morgan fingerprint density at radius 2 is 2.00 bits per heavy atom. The molecule has 0 bridgehead atoms. The highest BCUT2D eigenvalue weighted by Crippen LogP contribution is 2.45. The molecule has 7 rings (SSSR count). The molecule has 3 unspecified atom stereocenters. The lowest BCUT2D eigenvalue weighted by atomic mass is 9.85. The van der Waals surface area contributed by atoms with Crippen LogP contribution < -0.4 is 21.1 Å². The van der Waals surface area contributed by atoms with Crippen LogP contribution in [0.5, 0.6) is 0 Å². The molecule has 2 aromatic carbocycles. The number of anilines is 2. The van der Waals surface area contributed by atoms with Gasteiger partial charge in [-0.25, -0.2) is 0 Å². The molecule has 5 heterocycles. The molecule has 0 amide bonds. The smallest absolute Gasteiger partial charge is 0.248 e. The second-order valence-electron chi connectivity index (χ2n) is 11.6. The van der Waals surface area contributed by atoms with Gasteiger partial charge >= 0.3 is 0 Å². The number of H-pyrrole nitrogens is 1. The number of ether oxygens (including phenoxy) is 2. The van der Waals surface area contributed by atoms with Crippen molar-refractivity contribution in [1.82, 2.24) is 9.88 Å². The Morgan fingerprint density at radius 1 is 1.13 bits per heavy atom. The van der Waals surface area contributed by atoms with E-state index in [1.165, 1.54) is 22.9 Å². The number of fused-ring (bicyclic) bond motifs is 3. The van der Waals surface area contributed by atoms with Gasteiger partial charge in [-0.1, -0.05) is 6.07 Å². The van der Waals surface area contributed by atoms with E-state index in [1.807, 2.05) is 12.1 Å². The van der Waals surface area contributed by atoms with Gasteiger partial charge in [0.25, 0.3) is 0 Å². The number of nitriles is 1. The van der Waals surface area contributed by atoms with Crippen molar-refractivity contribution in [3.8, 4) is 6.07 Å². The van der Waals surface area contributed by atoms with E-state index in [2.05, 4.69) is 50.9 Å². The zero-order valence-electron chi connectivity index (χ0n) is 22.2. The van der Waals surface area contributed by atoms with Crippen LogP contribution in [0.4, 0.5) is 11.4 Å². The van der Waals surface area contributed by atoms with Crippen molar-refractivity contribution < 1.29 is 9.47 Å². The van der Waals surface area contributed by atoms with E-state index in [-0.39, 0.29) is 29.4 Å². The van der Waals surface area contributed by atoms with Crippen molar-refractivity contribution in [1.29, 1.82) is 5.26 Å². The zero-order chi connectivity index (χ0) is 26.7. The summed E-state index contributed by atoms with van der Waals surface area (Å²) in [6, 6.07) is 16.4. The molecule has 4 aliphatic heterocycles. The van der Waals surface area contributed by atoms with Crippen LogP contribution in [0.1, 0.15) is 30.0 Å². The Hall–Kier alpha value is -3.42. The fourth-order valence-electron chi connectivity index (χ4n) is 6.96. The molecule has 0 saturated carbocycles. The SMILES string of the molecule is CC1CN(c2ccc(C#N)c3[nH]c(=O)ccc23)CC(CN2CC3(C2)OCc2cc(N4CCC(N)C4)ccc23)O1. The van der Waals surface area contributed by atoms with Crippen LogP contribution in [0.25, 0.3) is 10.9 Å². The standard InChI is InChI=1S/C30H34N6O3/c1-19-12-36(27-6-2-20(11-31)29-25(27)4-7-28(37)33-29)15-24(39-19)14-34-17-30(18-34)26-5-3-23(10-21(26)16-38-30)35-9-8-22(32)13-35/h2-7,10,19,22,24H,8-9,12-18,32H2,1H3,(H,33,37). The van der Waals surface area contributed by atoms with Crippen LogP contribution in [0.3, 0.4) is 0 Å². The molecule has 3 atom stereocenters. The molecule has 3 saturated heterocycles. The largest absolute Gasteiger partial charge is 0.370 e. The quantitative estimate of drug-likeness (QED) is 0.533. The van der Waals surface area contributed by atoms with Gasteiger partial charge in [0.15, 0.2) is 0 Å². The molecule has 4 aliphatic rings. The molecule has 3 N–H and O–H groups in total. The minimum atomic E-state index is -0.218. The lowest BCUT2D eigenvalue weighted by Crippen LogP contribution is -2.62. The number of rotatable bonds is 4. The molecular formula is C30H34N6O3. The Morgan fingerprint density at radius 3 is 2.79 bits per heavy atom. The number of aromatic nitrogens is 1. The summed E-state index contributed by atoms with van der Waals surface area (Å²) in [6.45, 7) is 8.76. The van der Waals surface area contributed by atoms with Gasteiger partial charge in [0.2, 0.25) is 5.56 Å². The highest BCUT2D eigenvalue weighted by Gasteiger charge is 2.50. The van der Waals surface area contributed by atoms with E-state index < -0.39 is 0 Å². The summed E-state index contributed by atoms with van der Waals surface area (Å²) in [6.07, 6.45) is 1.15. The van der Waals surface area contributed by atoms with Crippen LogP contribution in [-0.4, -0.2) is 73.9 Å². The van der Waals surface area contributed by atoms with Gasteiger partial charge in [-0.2, -0.15) is 5.26 Å². The Labute approximate surface area is 227 Å². The molecule has 0 radical (unpaired) electrons. The maximum atomic E-state index is 12.0. The lowest BCUT2D eigenvalue weighted by Gasteiger charge is -2.50. The summed E-state index contributed by atoms with van der Waals surface area (Å²) in [7, 11) is 0. The minimum Gasteiger partial charge on any atom is -0.370 e. The topological polar surface area (TPSA) is 111 Å². The number of hydrogen-bond donors (Lipinski definition) is 2. The highest BCUT2D eigenvalue weighted by molar-refractivity contribution is 5.95. The summed E-state index contributed by atoms with van der Waals surface area (Å²) in [5.41, 5.74) is 11.7. The predicted molar refractivity (Wildman–Crippen MR) is 150 cm³/mol. The van der Waals surface area contributed by atoms with Crippen LogP contribution in [0, 0.1) is 11.3 Å². The van der Waals surface area contributed by atoms with Gasteiger partial charge in [0.1, 0.15) is 11.7 Å². The summed E-state index contributed by atoms with van der Waals surface area (Å²) in [5.74, 6) is 0. The first-order chi connectivity index (χ1) is 18.9. The molecule has 3 aromatic rings. The third-order valence-corrected chi connectivity index (χ3v) is 8.75. The number of nitrogens with two attached hydrogens (primary N) is 1. The number of nitrogens with zero attached hydrogens (tertiary/aromatic N) is 4. The number of hydrogen-bond acceptors (Lipinski definition) is 8. The van der Waals surface area contributed by atoms with Crippen LogP contribution >= 0.6 is 0 Å². The Kier molecular flexibility index (Phi) is 5.90. The maximum absolute atomic E-state index is 12.0. The van der Waals surface area contributed by atoms with Gasteiger partial charge in [0.05, 0.1) is 29.9 Å². The van der Waals surface area contributed by atoms with Crippen LogP contribution in [0.15, 0.2) is 47.3 Å². The summed E-state index contributed by atoms with van der Waals surface area (Å²) >= 11 is 0. The normalized spacial score (nSPS) is 26.1. The molecule has 39 heavy (non-hydrogen) atoms. The van der Waals surface area contributed by atoms with E-state index in [4.69, 9.17) is 15.2 Å². The second-order valence-corrected chi connectivity index (χ2v) is 11.6. The van der Waals surface area contributed by atoms with Crippen LogP contribution in [0.2, 0.25) is 0 Å². The summed E-state index contributed by atoms with van der Waals surface area (Å²) < 4.78 is 12.8. The zero-order valence-corrected chi connectivity index (χ0v) is 22.2. The number of likely N-dealkylation sites (tertiary alicyclic amines) is 1. The van der Waals surface area contributed by atoms with Crippen molar-refractivity contribution in [3.63, 3.8) is 0 Å². The molecule has 3 fully saturated rings. The first-order valence-corrected chi connectivity index (χ1v) is 13.9. The van der Waals surface area contributed by atoms with Crippen molar-refractivity contribution in [2.75, 3.05) is 55.6 Å². The van der Waals surface area contributed by atoms with Crippen molar-refractivity contribution in [3.05, 3.63) is 69.5 Å². The average Bonchev–Trinajstić information content (AvgIpc) is 3.51. The van der Waals surface area contributed by atoms with Gasteiger partial charge in [-0.15, -0.1) is 0 Å². The number of benzene rings is 2. The van der Waals surface area contributed by atoms with Crippen molar-refractivity contribution in [2.45, 2.75) is 43.8 Å². The van der Waals surface area contributed by atoms with E-state index in [0.717, 1.165) is 63.3 Å². The van der Waals surface area contributed by atoms with Crippen molar-refractivity contribution in [2.24, 2.45) is 5.73 Å². The van der Waals surface area contributed by atoms with E-state index >= 15 is 0 Å². The highest BCUT2D eigenvalue weighted by atomic mass is 16.5. The Balaban J connectivity index is 1.04. The monoisotopic (exact) mass is 526 g/mol. The van der Waals surface area contributed by atoms with E-state index in [1.54, 1.807) is 6.07 Å². The Bertz CT molecular complexity index is 1520. The van der Waals surface area contributed by atoms with E-state index in [9.17, 15) is 10.1 Å². The lowest BCUT2D eigenvalue weighted by molar-refractivity contribution is -0.155. The van der Waals surface area contributed by atoms with Gasteiger partial charge < -0.3 is 30.0 Å². The predicted octanol–water partition coefficient (Wildman–Crippen LogP) is 2.27. The van der Waals surface area contributed by atoms with Gasteiger partial charge in [0, 0.05) is 74.7 Å². The first-order valence-electron chi connectivity index (χ1n) is 13.9. The average molecular weight is 527 g/mol. The minimum absolute atomic E-state index is 0.0437. The molecule has 202 valence electrons. The molecule has 9 heteroatoms. The molecule has 0 aliphatic carbocycles. The third-order valence-electron chi connectivity index (χ3n) is 8.75. The molecular weight excluding hydrogens is 492 g/mol. The summed E-state index contributed by atoms with van der Waals surface area (Å²) in [5, 5.41) is 10.4. The number of pyridine rings is 1. The third kappa shape index (κ3) is 4.28. The van der Waals surface area contributed by atoms with Gasteiger partial charge in [-0.3, -0.25) is 9.69 Å². The van der Waals surface area contributed by atoms with Crippen molar-refractivity contribution >= 4 is 22.3 Å². The number of aromatic amines is 1. The molecule has 1 aromatic heterocycles. The summed E-state index contributed by atoms with van der Waals surface area (Å²) in [4.78, 5) is 21.9. The fraction of sp³-hybridized carbons (Fsp3) is 0.467. The second kappa shape index (κ2) is 9.35. The number of morpholine rings is 1. The maximum Gasteiger partial charge on any atom is 0.248 e. The number of nitrogens with one attached hydrogen (secondary N) is 1.